The topological polar surface area (TPSA) is 112 Å². The van der Waals surface area contributed by atoms with Gasteiger partial charge in [-0.05, 0) is 29.2 Å². The average molecular weight is 368 g/mol. The molecular formula is C20H24N4O3. The second-order valence-electron chi connectivity index (χ2n) is 5.80. The number of nitrogens with zero attached hydrogens (tertiary/aromatic N) is 2. The molecule has 27 heavy (non-hydrogen) atoms. The van der Waals surface area contributed by atoms with Gasteiger partial charge in [-0.2, -0.15) is 10.2 Å². The molecule has 2 rings (SSSR count). The number of carbonyl (C=O) groups is 1. The van der Waals surface area contributed by atoms with Crippen molar-refractivity contribution in [3.63, 3.8) is 0 Å². The first kappa shape index (κ1) is 20.1. The maximum atomic E-state index is 12.3. The number of rotatable bonds is 9. The van der Waals surface area contributed by atoms with Crippen LogP contribution in [-0.4, -0.2) is 31.1 Å². The van der Waals surface area contributed by atoms with Gasteiger partial charge in [0.15, 0.2) is 6.10 Å². The molecule has 0 saturated heterocycles. The smallest absolute Gasteiger partial charge is 0.335 e. The highest BCUT2D eigenvalue weighted by Crippen LogP contribution is 2.13. The minimum Gasteiger partial charge on any atom is -0.464 e. The summed E-state index contributed by atoms with van der Waals surface area (Å²) in [4.78, 5) is 12.3. The van der Waals surface area contributed by atoms with Crippen LogP contribution in [0.2, 0.25) is 0 Å². The zero-order valence-electron chi connectivity index (χ0n) is 15.2. The molecule has 2 aromatic rings. The molecule has 2 aromatic carbocycles. The predicted octanol–water partition coefficient (Wildman–Crippen LogP) is 1.96. The van der Waals surface area contributed by atoms with Crippen molar-refractivity contribution >= 4 is 18.4 Å². The average Bonchev–Trinajstić information content (AvgIpc) is 2.67. The molecule has 1 unspecified atom stereocenters. The number of ether oxygens (including phenoxy) is 2. The van der Waals surface area contributed by atoms with Gasteiger partial charge in [0, 0.05) is 6.42 Å². The van der Waals surface area contributed by atoms with Crippen molar-refractivity contribution in [3.8, 4) is 0 Å². The van der Waals surface area contributed by atoms with Crippen LogP contribution in [-0.2, 0) is 27.3 Å². The van der Waals surface area contributed by atoms with Crippen LogP contribution in [0.1, 0.15) is 29.2 Å². The molecule has 0 aliphatic rings. The van der Waals surface area contributed by atoms with E-state index in [4.69, 9.17) is 21.2 Å². The van der Waals surface area contributed by atoms with E-state index in [9.17, 15) is 4.79 Å². The Morgan fingerprint density at radius 3 is 2.41 bits per heavy atom. The molecule has 0 aliphatic heterocycles. The SMILES string of the molecule is CCOC(=O)C(Cc1cccc(C=NN)c1)OCc1ccc(C=NN)cc1. The first-order chi connectivity index (χ1) is 13.2. The van der Waals surface area contributed by atoms with E-state index in [0.29, 0.717) is 13.0 Å². The number of hydrogen-bond donors (Lipinski definition) is 2. The molecule has 0 bridgehead atoms. The zero-order chi connectivity index (χ0) is 19.5. The third-order valence-corrected chi connectivity index (χ3v) is 3.80. The summed E-state index contributed by atoms with van der Waals surface area (Å²) in [7, 11) is 0. The lowest BCUT2D eigenvalue weighted by molar-refractivity contribution is -0.157. The number of benzene rings is 2. The van der Waals surface area contributed by atoms with Gasteiger partial charge >= 0.3 is 5.97 Å². The van der Waals surface area contributed by atoms with Crippen molar-refractivity contribution in [2.75, 3.05) is 6.61 Å². The Labute approximate surface area is 158 Å². The van der Waals surface area contributed by atoms with Crippen LogP contribution in [0.3, 0.4) is 0 Å². The van der Waals surface area contributed by atoms with E-state index in [2.05, 4.69) is 10.2 Å². The predicted molar refractivity (Wildman–Crippen MR) is 105 cm³/mol. The van der Waals surface area contributed by atoms with Gasteiger partial charge in [0.2, 0.25) is 0 Å². The Morgan fingerprint density at radius 2 is 1.74 bits per heavy atom. The minimum absolute atomic E-state index is 0.285. The fourth-order valence-electron chi connectivity index (χ4n) is 2.53. The van der Waals surface area contributed by atoms with Crippen LogP contribution in [0.15, 0.2) is 58.7 Å². The molecule has 0 saturated carbocycles. The molecule has 0 amide bonds. The Hall–Kier alpha value is -3.19. The van der Waals surface area contributed by atoms with Crippen molar-refractivity contribution in [2.45, 2.75) is 26.1 Å². The van der Waals surface area contributed by atoms with Crippen molar-refractivity contribution in [1.82, 2.24) is 0 Å². The van der Waals surface area contributed by atoms with Crippen LogP contribution in [0.5, 0.6) is 0 Å². The third-order valence-electron chi connectivity index (χ3n) is 3.80. The lowest BCUT2D eigenvalue weighted by atomic mass is 10.0. The summed E-state index contributed by atoms with van der Waals surface area (Å²) >= 11 is 0. The number of hydrazone groups is 2. The van der Waals surface area contributed by atoms with Crippen molar-refractivity contribution < 1.29 is 14.3 Å². The van der Waals surface area contributed by atoms with Crippen molar-refractivity contribution in [3.05, 3.63) is 70.8 Å². The molecule has 0 radical (unpaired) electrons. The van der Waals surface area contributed by atoms with E-state index in [-0.39, 0.29) is 12.6 Å². The van der Waals surface area contributed by atoms with Gasteiger partial charge in [-0.15, -0.1) is 0 Å². The largest absolute Gasteiger partial charge is 0.464 e. The molecule has 4 N–H and O–H groups in total. The summed E-state index contributed by atoms with van der Waals surface area (Å²) in [5.41, 5.74) is 3.61. The van der Waals surface area contributed by atoms with Gasteiger partial charge in [-0.25, -0.2) is 4.79 Å². The molecule has 7 heteroatoms. The molecule has 142 valence electrons. The Morgan fingerprint density at radius 1 is 1.04 bits per heavy atom. The molecule has 7 nitrogen and oxygen atoms in total. The van der Waals surface area contributed by atoms with Crippen molar-refractivity contribution in [1.29, 1.82) is 0 Å². The zero-order valence-corrected chi connectivity index (χ0v) is 15.2. The molecule has 0 aromatic heterocycles. The number of esters is 1. The van der Waals surface area contributed by atoms with Crippen LogP contribution in [0.4, 0.5) is 0 Å². The van der Waals surface area contributed by atoms with Crippen LogP contribution in [0, 0.1) is 0 Å². The Balaban J connectivity index is 2.07. The molecule has 1 atom stereocenters. The van der Waals surface area contributed by atoms with E-state index in [1.165, 1.54) is 0 Å². The summed E-state index contributed by atoms with van der Waals surface area (Å²) in [6, 6.07) is 15.2. The Kier molecular flexibility index (Phi) is 7.99. The standard InChI is InChI=1S/C20H24N4O3/c1-2-26-20(25)19(11-17-4-3-5-18(10-17)13-24-22)27-14-16-8-6-15(7-9-16)12-23-21/h3-10,12-13,19H,2,11,14,21-22H2,1H3. The van der Waals surface area contributed by atoms with E-state index in [0.717, 1.165) is 22.3 Å². The van der Waals surface area contributed by atoms with Gasteiger partial charge in [0.05, 0.1) is 25.6 Å². The second kappa shape index (κ2) is 10.7. The van der Waals surface area contributed by atoms with E-state index >= 15 is 0 Å². The monoisotopic (exact) mass is 368 g/mol. The first-order valence-electron chi connectivity index (χ1n) is 8.59. The fraction of sp³-hybridized carbons (Fsp3) is 0.250. The third kappa shape index (κ3) is 6.56. The van der Waals surface area contributed by atoms with E-state index in [1.807, 2.05) is 48.5 Å². The highest BCUT2D eigenvalue weighted by atomic mass is 16.6. The minimum atomic E-state index is -0.708. The van der Waals surface area contributed by atoms with Crippen LogP contribution in [0.25, 0.3) is 0 Å². The molecular weight excluding hydrogens is 344 g/mol. The van der Waals surface area contributed by atoms with Gasteiger partial charge < -0.3 is 21.2 Å². The molecule has 0 aliphatic carbocycles. The quantitative estimate of drug-likeness (QED) is 0.304. The maximum absolute atomic E-state index is 12.3. The van der Waals surface area contributed by atoms with Crippen LogP contribution >= 0.6 is 0 Å². The normalized spacial score (nSPS) is 12.5. The summed E-state index contributed by atoms with van der Waals surface area (Å²) < 4.78 is 11.0. The summed E-state index contributed by atoms with van der Waals surface area (Å²) in [5, 5.41) is 7.01. The van der Waals surface area contributed by atoms with Crippen molar-refractivity contribution in [2.24, 2.45) is 21.9 Å². The van der Waals surface area contributed by atoms with Gasteiger partial charge in [0.25, 0.3) is 0 Å². The summed E-state index contributed by atoms with van der Waals surface area (Å²) in [6.45, 7) is 2.35. The van der Waals surface area contributed by atoms with Crippen LogP contribution < -0.4 is 11.7 Å². The highest BCUT2D eigenvalue weighted by Gasteiger charge is 2.21. The Bertz CT molecular complexity index is 788. The number of carbonyl (C=O) groups excluding carboxylic acids is 1. The maximum Gasteiger partial charge on any atom is 0.335 e. The van der Waals surface area contributed by atoms with Gasteiger partial charge in [-0.1, -0.05) is 48.5 Å². The summed E-state index contributed by atoms with van der Waals surface area (Å²) in [6.07, 6.45) is 2.79. The fourth-order valence-corrected chi connectivity index (χ4v) is 2.53. The molecule has 0 spiro atoms. The summed E-state index contributed by atoms with van der Waals surface area (Å²) in [5.74, 6) is 9.95. The molecule has 0 heterocycles. The second-order valence-corrected chi connectivity index (χ2v) is 5.80. The van der Waals surface area contributed by atoms with E-state index < -0.39 is 6.10 Å². The number of nitrogens with two attached hydrogens (primary N) is 2. The first-order valence-corrected chi connectivity index (χ1v) is 8.59. The van der Waals surface area contributed by atoms with E-state index in [1.54, 1.807) is 19.4 Å². The lowest BCUT2D eigenvalue weighted by Gasteiger charge is -2.17. The lowest BCUT2D eigenvalue weighted by Crippen LogP contribution is -2.29. The van der Waals surface area contributed by atoms with Gasteiger partial charge in [-0.3, -0.25) is 0 Å². The molecule has 0 fully saturated rings. The highest BCUT2D eigenvalue weighted by molar-refractivity contribution is 5.80. The number of hydrogen-bond acceptors (Lipinski definition) is 7. The van der Waals surface area contributed by atoms with Gasteiger partial charge in [0.1, 0.15) is 0 Å².